The first-order valence-electron chi connectivity index (χ1n) is 8.46. The van der Waals surface area contributed by atoms with Crippen LogP contribution in [-0.2, 0) is 16.6 Å². The van der Waals surface area contributed by atoms with Gasteiger partial charge < -0.3 is 4.74 Å². The molecule has 0 spiro atoms. The zero-order valence-corrected chi connectivity index (χ0v) is 16.2. The Kier molecular flexibility index (Phi) is 5.55. The molecule has 1 heterocycles. The van der Waals surface area contributed by atoms with E-state index in [2.05, 4.69) is 0 Å². The highest BCUT2D eigenvalue weighted by atomic mass is 35.5. The topological polar surface area (TPSA) is 46.6 Å². The van der Waals surface area contributed by atoms with Gasteiger partial charge in [0.05, 0.1) is 11.1 Å². The summed E-state index contributed by atoms with van der Waals surface area (Å²) in [5.41, 5.74) is 0.591. The van der Waals surface area contributed by atoms with E-state index in [0.29, 0.717) is 12.0 Å². The molecular formula is C19H21ClFNO3S. The third-order valence-electron chi connectivity index (χ3n) is 4.32. The number of rotatable bonds is 4. The van der Waals surface area contributed by atoms with Crippen molar-refractivity contribution in [2.75, 3.05) is 6.61 Å². The van der Waals surface area contributed by atoms with Gasteiger partial charge in [0.15, 0.2) is 5.75 Å². The molecule has 7 heteroatoms. The lowest BCUT2D eigenvalue weighted by atomic mass is 10.0. The molecule has 0 N–H and O–H groups in total. The van der Waals surface area contributed by atoms with Crippen molar-refractivity contribution in [1.82, 2.24) is 4.31 Å². The molecule has 1 aliphatic heterocycles. The van der Waals surface area contributed by atoms with Crippen LogP contribution in [0.4, 0.5) is 4.39 Å². The number of halogens is 2. The Morgan fingerprint density at radius 3 is 2.69 bits per heavy atom. The molecular weight excluding hydrogens is 377 g/mol. The van der Waals surface area contributed by atoms with Gasteiger partial charge in [0.25, 0.3) is 0 Å². The number of hydrogen-bond acceptors (Lipinski definition) is 3. The van der Waals surface area contributed by atoms with Gasteiger partial charge in [-0.15, -0.1) is 0 Å². The van der Waals surface area contributed by atoms with Crippen LogP contribution in [0.3, 0.4) is 0 Å². The Labute approximate surface area is 158 Å². The summed E-state index contributed by atoms with van der Waals surface area (Å²) >= 11 is 6.17. The van der Waals surface area contributed by atoms with Crippen molar-refractivity contribution in [3.05, 3.63) is 58.9 Å². The summed E-state index contributed by atoms with van der Waals surface area (Å²) in [6.07, 6.45) is 0.625. The summed E-state index contributed by atoms with van der Waals surface area (Å²) in [6.45, 7) is 4.33. The van der Waals surface area contributed by atoms with Crippen molar-refractivity contribution in [3.8, 4) is 5.75 Å². The molecule has 140 valence electrons. The van der Waals surface area contributed by atoms with Gasteiger partial charge in [-0.1, -0.05) is 43.6 Å². The predicted molar refractivity (Wildman–Crippen MR) is 99.3 cm³/mol. The van der Waals surface area contributed by atoms with Crippen LogP contribution in [0.5, 0.6) is 5.75 Å². The second-order valence-electron chi connectivity index (χ2n) is 6.84. The Hall–Kier alpha value is -1.63. The monoisotopic (exact) mass is 397 g/mol. The van der Waals surface area contributed by atoms with Crippen molar-refractivity contribution < 1.29 is 17.5 Å². The molecule has 4 nitrogen and oxygen atoms in total. The lowest BCUT2D eigenvalue weighted by Crippen LogP contribution is -2.42. The summed E-state index contributed by atoms with van der Waals surface area (Å²) in [7, 11) is -3.85. The zero-order chi connectivity index (χ0) is 18.9. The van der Waals surface area contributed by atoms with Crippen LogP contribution in [0.25, 0.3) is 0 Å². The van der Waals surface area contributed by atoms with Crippen LogP contribution >= 0.6 is 11.6 Å². The molecule has 2 aromatic carbocycles. The van der Waals surface area contributed by atoms with Crippen molar-refractivity contribution >= 4 is 21.6 Å². The van der Waals surface area contributed by atoms with Crippen molar-refractivity contribution in [2.24, 2.45) is 5.92 Å². The van der Waals surface area contributed by atoms with E-state index in [-0.39, 0.29) is 40.8 Å². The first kappa shape index (κ1) is 19.1. The summed E-state index contributed by atoms with van der Waals surface area (Å²) in [5, 5.41) is 0.266. The van der Waals surface area contributed by atoms with Gasteiger partial charge in [-0.25, -0.2) is 12.8 Å². The molecule has 1 atom stereocenters. The average Bonchev–Trinajstić information content (AvgIpc) is 2.65. The second-order valence-corrected chi connectivity index (χ2v) is 9.11. The van der Waals surface area contributed by atoms with Crippen LogP contribution in [0.15, 0.2) is 47.4 Å². The molecule has 0 bridgehead atoms. The van der Waals surface area contributed by atoms with Gasteiger partial charge in [0.1, 0.15) is 17.3 Å². The van der Waals surface area contributed by atoms with Gasteiger partial charge in [-0.3, -0.25) is 0 Å². The van der Waals surface area contributed by atoms with Gasteiger partial charge in [0.2, 0.25) is 10.0 Å². The summed E-state index contributed by atoms with van der Waals surface area (Å²) in [5.74, 6) is 0.0602. The van der Waals surface area contributed by atoms with E-state index in [1.807, 2.05) is 13.8 Å². The fourth-order valence-corrected chi connectivity index (χ4v) is 5.23. The van der Waals surface area contributed by atoms with Gasteiger partial charge in [0, 0.05) is 6.54 Å². The highest BCUT2D eigenvalue weighted by Gasteiger charge is 2.38. The third-order valence-corrected chi connectivity index (χ3v) is 6.54. The SMILES string of the molecule is CC(C)C[C@H]1COc2c(Cl)cccc2S(=O)(=O)N1Cc1cccc(F)c1. The van der Waals surface area contributed by atoms with Crippen LogP contribution in [-0.4, -0.2) is 25.4 Å². The quantitative estimate of drug-likeness (QED) is 0.764. The smallest absolute Gasteiger partial charge is 0.247 e. The first-order chi connectivity index (χ1) is 12.3. The number of ether oxygens (including phenoxy) is 1. The Morgan fingerprint density at radius 2 is 2.00 bits per heavy atom. The molecule has 3 rings (SSSR count). The van der Waals surface area contributed by atoms with Gasteiger partial charge in [-0.05, 0) is 42.2 Å². The molecule has 0 unspecified atom stereocenters. The fourth-order valence-electron chi connectivity index (χ4n) is 3.18. The van der Waals surface area contributed by atoms with Crippen molar-refractivity contribution in [1.29, 1.82) is 0 Å². The first-order valence-corrected chi connectivity index (χ1v) is 10.3. The Morgan fingerprint density at radius 1 is 1.27 bits per heavy atom. The van der Waals surface area contributed by atoms with E-state index in [1.165, 1.54) is 22.5 Å². The number of nitrogens with zero attached hydrogens (tertiary/aromatic N) is 1. The number of para-hydroxylation sites is 1. The number of sulfonamides is 1. The minimum absolute atomic E-state index is 0.0488. The number of hydrogen-bond donors (Lipinski definition) is 0. The third kappa shape index (κ3) is 3.87. The second kappa shape index (κ2) is 7.55. The molecule has 0 amide bonds. The van der Waals surface area contributed by atoms with Gasteiger partial charge >= 0.3 is 0 Å². The largest absolute Gasteiger partial charge is 0.489 e. The van der Waals surface area contributed by atoms with Crippen LogP contribution in [0.2, 0.25) is 5.02 Å². The van der Waals surface area contributed by atoms with E-state index in [0.717, 1.165) is 0 Å². The molecule has 0 radical (unpaired) electrons. The lowest BCUT2D eigenvalue weighted by molar-refractivity contribution is 0.187. The van der Waals surface area contributed by atoms with Crippen LogP contribution in [0, 0.1) is 11.7 Å². The minimum atomic E-state index is -3.85. The lowest BCUT2D eigenvalue weighted by Gasteiger charge is -2.29. The highest BCUT2D eigenvalue weighted by Crippen LogP contribution is 2.38. The molecule has 0 aliphatic carbocycles. The van der Waals surface area contributed by atoms with Crippen LogP contribution < -0.4 is 4.74 Å². The standard InChI is InChI=1S/C19H21ClFNO3S/c1-13(2)9-16-12-25-19-17(20)7-4-8-18(19)26(23,24)22(16)11-14-5-3-6-15(21)10-14/h3-8,10,13,16H,9,11-12H2,1-2H3/t16-/m0/s1. The van der Waals surface area contributed by atoms with Crippen LogP contribution in [0.1, 0.15) is 25.8 Å². The molecule has 2 aromatic rings. The maximum Gasteiger partial charge on any atom is 0.247 e. The normalized spacial score (nSPS) is 19.7. The maximum atomic E-state index is 13.6. The van der Waals surface area contributed by atoms with Crippen molar-refractivity contribution in [3.63, 3.8) is 0 Å². The molecule has 0 aromatic heterocycles. The van der Waals surface area contributed by atoms with E-state index in [4.69, 9.17) is 16.3 Å². The predicted octanol–water partition coefficient (Wildman–Crippen LogP) is 4.48. The highest BCUT2D eigenvalue weighted by molar-refractivity contribution is 7.89. The minimum Gasteiger partial charge on any atom is -0.489 e. The van der Waals surface area contributed by atoms with E-state index in [1.54, 1.807) is 24.3 Å². The number of fused-ring (bicyclic) bond motifs is 1. The number of benzene rings is 2. The molecule has 0 saturated carbocycles. The van der Waals surface area contributed by atoms with E-state index < -0.39 is 15.8 Å². The Balaban J connectivity index is 2.08. The summed E-state index contributed by atoms with van der Waals surface area (Å²) in [6, 6.07) is 10.3. The molecule has 0 fully saturated rings. The Bertz CT molecular complexity index is 901. The molecule has 0 saturated heterocycles. The molecule has 1 aliphatic rings. The summed E-state index contributed by atoms with van der Waals surface area (Å²) < 4.78 is 47.5. The average molecular weight is 398 g/mol. The van der Waals surface area contributed by atoms with Gasteiger partial charge in [-0.2, -0.15) is 4.31 Å². The fraction of sp³-hybridized carbons (Fsp3) is 0.368. The molecule has 26 heavy (non-hydrogen) atoms. The van der Waals surface area contributed by atoms with E-state index >= 15 is 0 Å². The summed E-state index contributed by atoms with van der Waals surface area (Å²) in [4.78, 5) is 0.0488. The zero-order valence-electron chi connectivity index (χ0n) is 14.7. The van der Waals surface area contributed by atoms with Crippen molar-refractivity contribution in [2.45, 2.75) is 37.8 Å². The van der Waals surface area contributed by atoms with E-state index in [9.17, 15) is 12.8 Å². The maximum absolute atomic E-state index is 13.6.